The predicted molar refractivity (Wildman–Crippen MR) is 77.4 cm³/mol. The Morgan fingerprint density at radius 3 is 2.37 bits per heavy atom. The van der Waals surface area contributed by atoms with E-state index in [1.807, 2.05) is 37.3 Å². The van der Waals surface area contributed by atoms with Crippen molar-refractivity contribution >= 4 is 0 Å². The number of aromatic nitrogens is 1. The lowest BCUT2D eigenvalue weighted by molar-refractivity contribution is 0.444. The maximum absolute atomic E-state index is 5.97. The van der Waals surface area contributed by atoms with Crippen molar-refractivity contribution < 1.29 is 4.74 Å². The van der Waals surface area contributed by atoms with E-state index in [0.29, 0.717) is 11.8 Å². The summed E-state index contributed by atoms with van der Waals surface area (Å²) in [6, 6.07) is 11.8. The molecule has 2 rings (SSSR count). The van der Waals surface area contributed by atoms with Crippen LogP contribution in [0.2, 0.25) is 0 Å². The molecule has 0 spiro atoms. The Hall–Kier alpha value is -1.87. The molecule has 1 atom stereocenters. The topological polar surface area (TPSA) is 48.1 Å². The Morgan fingerprint density at radius 2 is 1.68 bits per heavy atom. The van der Waals surface area contributed by atoms with Gasteiger partial charge in [0.1, 0.15) is 5.75 Å². The van der Waals surface area contributed by atoms with E-state index in [-0.39, 0.29) is 6.04 Å². The summed E-state index contributed by atoms with van der Waals surface area (Å²) in [6.45, 7) is 6.22. The number of rotatable bonds is 4. The van der Waals surface area contributed by atoms with E-state index in [2.05, 4.69) is 24.9 Å². The molecule has 0 aliphatic rings. The van der Waals surface area contributed by atoms with Crippen molar-refractivity contribution in [3.63, 3.8) is 0 Å². The first-order valence-corrected chi connectivity index (χ1v) is 6.57. The molecule has 3 heteroatoms. The van der Waals surface area contributed by atoms with Crippen LogP contribution in [0, 0.1) is 0 Å². The highest BCUT2D eigenvalue weighted by atomic mass is 16.5. The van der Waals surface area contributed by atoms with Crippen LogP contribution in [0.25, 0.3) is 0 Å². The molecule has 1 aromatic carbocycles. The van der Waals surface area contributed by atoms with Crippen LogP contribution in [0.15, 0.2) is 42.6 Å². The molecule has 100 valence electrons. The minimum atomic E-state index is -0.102. The van der Waals surface area contributed by atoms with Gasteiger partial charge in [0, 0.05) is 17.8 Å². The minimum Gasteiger partial charge on any atom is -0.438 e. The fourth-order valence-corrected chi connectivity index (χ4v) is 1.99. The van der Waals surface area contributed by atoms with Gasteiger partial charge in [-0.2, -0.15) is 0 Å². The number of ether oxygens (including phenoxy) is 1. The summed E-state index contributed by atoms with van der Waals surface area (Å²) in [5, 5.41) is 0. The first-order valence-electron chi connectivity index (χ1n) is 6.57. The van der Waals surface area contributed by atoms with E-state index in [9.17, 15) is 0 Å². The Morgan fingerprint density at radius 1 is 1.00 bits per heavy atom. The summed E-state index contributed by atoms with van der Waals surface area (Å²) in [5.74, 6) is 1.84. The largest absolute Gasteiger partial charge is 0.438 e. The zero-order chi connectivity index (χ0) is 13.8. The van der Waals surface area contributed by atoms with Gasteiger partial charge in [0.05, 0.1) is 0 Å². The number of pyridine rings is 1. The quantitative estimate of drug-likeness (QED) is 0.898. The summed E-state index contributed by atoms with van der Waals surface area (Å²) >= 11 is 0. The van der Waals surface area contributed by atoms with E-state index in [1.165, 1.54) is 5.56 Å². The van der Waals surface area contributed by atoms with Gasteiger partial charge in [-0.05, 0) is 30.5 Å². The van der Waals surface area contributed by atoms with Crippen LogP contribution in [0.1, 0.15) is 43.9 Å². The van der Waals surface area contributed by atoms with Gasteiger partial charge in [0.2, 0.25) is 5.88 Å². The van der Waals surface area contributed by atoms with Gasteiger partial charge in [-0.15, -0.1) is 0 Å². The molecular formula is C16H20N2O. The Kier molecular flexibility index (Phi) is 4.17. The van der Waals surface area contributed by atoms with Gasteiger partial charge in [-0.3, -0.25) is 0 Å². The molecule has 2 N–H and O–H groups in total. The second-order valence-electron chi connectivity index (χ2n) is 4.98. The third-order valence-corrected chi connectivity index (χ3v) is 3.04. The van der Waals surface area contributed by atoms with Crippen molar-refractivity contribution in [2.45, 2.75) is 32.7 Å². The second-order valence-corrected chi connectivity index (χ2v) is 4.98. The average Bonchev–Trinajstić information content (AvgIpc) is 2.39. The van der Waals surface area contributed by atoms with Gasteiger partial charge in [0.25, 0.3) is 0 Å². The van der Waals surface area contributed by atoms with Crippen LogP contribution in [-0.4, -0.2) is 4.98 Å². The lowest BCUT2D eigenvalue weighted by Crippen LogP contribution is -2.08. The molecule has 1 aromatic heterocycles. The number of benzene rings is 1. The molecule has 0 radical (unpaired) electrons. The first kappa shape index (κ1) is 13.6. The van der Waals surface area contributed by atoms with Crippen LogP contribution in [0.4, 0.5) is 0 Å². The van der Waals surface area contributed by atoms with Gasteiger partial charge in [-0.1, -0.05) is 38.1 Å². The highest BCUT2D eigenvalue weighted by molar-refractivity contribution is 5.40. The smallest absolute Gasteiger partial charge is 0.223 e. The van der Waals surface area contributed by atoms with Crippen molar-refractivity contribution in [2.24, 2.45) is 5.73 Å². The molecule has 0 aliphatic carbocycles. The Bertz CT molecular complexity index is 500. The molecule has 0 aliphatic heterocycles. The average molecular weight is 256 g/mol. The number of nitrogens with zero attached hydrogens (tertiary/aromatic N) is 1. The van der Waals surface area contributed by atoms with Gasteiger partial charge < -0.3 is 10.5 Å². The highest BCUT2D eigenvalue weighted by Crippen LogP contribution is 2.32. The van der Waals surface area contributed by atoms with Crippen LogP contribution in [-0.2, 0) is 0 Å². The molecular weight excluding hydrogens is 236 g/mol. The van der Waals surface area contributed by atoms with E-state index in [0.717, 1.165) is 11.3 Å². The molecule has 0 unspecified atom stereocenters. The van der Waals surface area contributed by atoms with Crippen molar-refractivity contribution in [2.75, 3.05) is 0 Å². The van der Waals surface area contributed by atoms with E-state index in [1.54, 1.807) is 6.20 Å². The number of nitrogens with two attached hydrogens (primary N) is 1. The monoisotopic (exact) mass is 256 g/mol. The van der Waals surface area contributed by atoms with Crippen molar-refractivity contribution in [1.29, 1.82) is 0 Å². The Balaban J connectivity index is 2.37. The SMILES string of the molecule is CC(C)c1ccccc1Oc1ncccc1[C@@H](C)N. The third-order valence-electron chi connectivity index (χ3n) is 3.04. The summed E-state index contributed by atoms with van der Waals surface area (Å²) in [4.78, 5) is 4.29. The van der Waals surface area contributed by atoms with Crippen LogP contribution < -0.4 is 10.5 Å². The van der Waals surface area contributed by atoms with Gasteiger partial charge in [-0.25, -0.2) is 4.98 Å². The third kappa shape index (κ3) is 3.12. The summed E-state index contributed by atoms with van der Waals surface area (Å²) in [6.07, 6.45) is 1.72. The normalized spacial score (nSPS) is 12.5. The molecule has 0 fully saturated rings. The highest BCUT2D eigenvalue weighted by Gasteiger charge is 2.13. The lowest BCUT2D eigenvalue weighted by Gasteiger charge is -2.16. The molecule has 0 bridgehead atoms. The standard InChI is InChI=1S/C16H20N2O/c1-11(2)13-7-4-5-9-15(13)19-16-14(12(3)17)8-6-10-18-16/h4-12H,17H2,1-3H3/t12-/m1/s1. The summed E-state index contributed by atoms with van der Waals surface area (Å²) < 4.78 is 5.97. The molecule has 0 amide bonds. The van der Waals surface area contributed by atoms with Crippen molar-refractivity contribution in [3.8, 4) is 11.6 Å². The molecule has 2 aromatic rings. The van der Waals surface area contributed by atoms with Crippen molar-refractivity contribution in [3.05, 3.63) is 53.7 Å². The number of para-hydroxylation sites is 1. The number of hydrogen-bond acceptors (Lipinski definition) is 3. The van der Waals surface area contributed by atoms with Crippen LogP contribution >= 0.6 is 0 Å². The van der Waals surface area contributed by atoms with E-state index in [4.69, 9.17) is 10.5 Å². The van der Waals surface area contributed by atoms with Crippen molar-refractivity contribution in [1.82, 2.24) is 4.98 Å². The summed E-state index contributed by atoms with van der Waals surface area (Å²) in [7, 11) is 0. The van der Waals surface area contributed by atoms with Crippen LogP contribution in [0.3, 0.4) is 0 Å². The van der Waals surface area contributed by atoms with E-state index >= 15 is 0 Å². The lowest BCUT2D eigenvalue weighted by atomic mass is 10.0. The molecule has 19 heavy (non-hydrogen) atoms. The van der Waals surface area contributed by atoms with Crippen LogP contribution in [0.5, 0.6) is 11.6 Å². The zero-order valence-electron chi connectivity index (χ0n) is 11.6. The minimum absolute atomic E-state index is 0.102. The maximum atomic E-state index is 5.97. The fraction of sp³-hybridized carbons (Fsp3) is 0.312. The first-order chi connectivity index (χ1) is 9.09. The Labute approximate surface area is 114 Å². The van der Waals surface area contributed by atoms with Gasteiger partial charge in [0.15, 0.2) is 0 Å². The summed E-state index contributed by atoms with van der Waals surface area (Å²) in [5.41, 5.74) is 8.03. The number of hydrogen-bond donors (Lipinski definition) is 1. The maximum Gasteiger partial charge on any atom is 0.223 e. The van der Waals surface area contributed by atoms with Gasteiger partial charge >= 0.3 is 0 Å². The molecule has 1 heterocycles. The second kappa shape index (κ2) is 5.85. The zero-order valence-corrected chi connectivity index (χ0v) is 11.6. The molecule has 0 saturated heterocycles. The molecule has 0 saturated carbocycles. The van der Waals surface area contributed by atoms with E-state index < -0.39 is 0 Å². The fourth-order valence-electron chi connectivity index (χ4n) is 1.99. The predicted octanol–water partition coefficient (Wildman–Crippen LogP) is 4.02. The molecule has 3 nitrogen and oxygen atoms in total.